The minimum atomic E-state index is -0.929. The second-order valence-electron chi connectivity index (χ2n) is 16.4. The van der Waals surface area contributed by atoms with Gasteiger partial charge in [0.05, 0.1) is 31.3 Å². The summed E-state index contributed by atoms with van der Waals surface area (Å²) in [7, 11) is 0. The van der Waals surface area contributed by atoms with Crippen LogP contribution in [0.4, 0.5) is 0 Å². The number of amides is 1. The van der Waals surface area contributed by atoms with E-state index in [1.165, 1.54) is 186 Å². The highest BCUT2D eigenvalue weighted by Gasteiger charge is 2.20. The van der Waals surface area contributed by atoms with Gasteiger partial charge in [-0.3, -0.25) is 4.79 Å². The number of hydrogen-bond acceptors (Lipinski definition) is 4. The van der Waals surface area contributed by atoms with E-state index in [1.54, 1.807) is 6.08 Å². The molecule has 4 N–H and O–H groups in total. The third-order valence-corrected chi connectivity index (χ3v) is 11.0. The second kappa shape index (κ2) is 43.6. The van der Waals surface area contributed by atoms with Crippen LogP contribution >= 0.6 is 0 Å². The van der Waals surface area contributed by atoms with Crippen molar-refractivity contribution in [2.24, 2.45) is 0 Å². The molecule has 3 atom stereocenters. The zero-order valence-corrected chi connectivity index (χ0v) is 35.7. The lowest BCUT2D eigenvalue weighted by atomic mass is 10.0. The molecular weight excluding hydrogens is 655 g/mol. The van der Waals surface area contributed by atoms with Gasteiger partial charge in [0.15, 0.2) is 0 Å². The van der Waals surface area contributed by atoms with E-state index in [2.05, 4.69) is 31.3 Å². The van der Waals surface area contributed by atoms with Crippen LogP contribution < -0.4 is 5.32 Å². The highest BCUT2D eigenvalue weighted by molar-refractivity contribution is 5.76. The first-order valence-corrected chi connectivity index (χ1v) is 23.6. The average Bonchev–Trinajstić information content (AvgIpc) is 3.15. The van der Waals surface area contributed by atoms with Crippen LogP contribution in [0.3, 0.4) is 0 Å². The Morgan fingerprint density at radius 2 is 0.792 bits per heavy atom. The Kier molecular flexibility index (Phi) is 42.6. The molecule has 0 fully saturated rings. The molecule has 0 aliphatic heterocycles. The normalized spacial score (nSPS) is 13.7. The first-order valence-electron chi connectivity index (χ1n) is 23.6. The maximum Gasteiger partial charge on any atom is 0.222 e. The Balaban J connectivity index is 3.59. The first kappa shape index (κ1) is 51.8. The van der Waals surface area contributed by atoms with Gasteiger partial charge in [0.25, 0.3) is 0 Å². The first-order chi connectivity index (χ1) is 26.0. The molecule has 0 rings (SSSR count). The molecule has 0 saturated heterocycles. The van der Waals surface area contributed by atoms with Crippen molar-refractivity contribution in [3.63, 3.8) is 0 Å². The number of nitrogens with one attached hydrogen (secondary N) is 1. The number of allylic oxidation sites excluding steroid dienone is 3. The van der Waals surface area contributed by atoms with E-state index in [1.807, 2.05) is 6.08 Å². The van der Waals surface area contributed by atoms with Gasteiger partial charge in [0.2, 0.25) is 5.91 Å². The van der Waals surface area contributed by atoms with Crippen molar-refractivity contribution in [2.75, 3.05) is 6.61 Å². The summed E-state index contributed by atoms with van der Waals surface area (Å²) in [5, 5.41) is 33.2. The maximum atomic E-state index is 12.4. The lowest BCUT2D eigenvalue weighted by Gasteiger charge is -2.21. The minimum Gasteiger partial charge on any atom is -0.394 e. The molecule has 314 valence electrons. The minimum absolute atomic E-state index is 0.00942. The maximum absolute atomic E-state index is 12.4. The molecule has 0 aliphatic carbocycles. The SMILES string of the molecule is CCCCCC/C=C\CCCCCCCC(O)CC(=O)NC(CO)C(O)/C=C/CCCCCCCCCCCCCCCCCCCCCCCCC. The highest BCUT2D eigenvalue weighted by atomic mass is 16.3. The fraction of sp³-hybridized carbons (Fsp3) is 0.896. The summed E-state index contributed by atoms with van der Waals surface area (Å²) in [6.45, 7) is 4.21. The number of hydrogen-bond donors (Lipinski definition) is 4. The predicted octanol–water partition coefficient (Wildman–Crippen LogP) is 13.8. The number of carbonyl (C=O) groups is 1. The van der Waals surface area contributed by atoms with Crippen molar-refractivity contribution in [2.45, 2.75) is 270 Å². The number of aliphatic hydroxyl groups is 3. The number of unbranched alkanes of at least 4 members (excludes halogenated alkanes) is 32. The van der Waals surface area contributed by atoms with Gasteiger partial charge in [-0.15, -0.1) is 0 Å². The summed E-state index contributed by atoms with van der Waals surface area (Å²) in [6, 6.07) is -0.745. The topological polar surface area (TPSA) is 89.8 Å². The molecule has 0 aromatic rings. The van der Waals surface area contributed by atoms with Crippen LogP contribution in [-0.2, 0) is 4.79 Å². The van der Waals surface area contributed by atoms with E-state index < -0.39 is 18.2 Å². The van der Waals surface area contributed by atoms with Gasteiger partial charge >= 0.3 is 0 Å². The predicted molar refractivity (Wildman–Crippen MR) is 231 cm³/mol. The standard InChI is InChI=1S/C48H93NO4/c1-3-5-7-9-11-13-15-17-18-19-20-21-22-23-24-25-26-27-28-30-32-34-36-38-40-42-47(52)46(44-50)49-48(53)43-45(51)41-39-37-35-33-31-29-16-14-12-10-8-6-4-2/h14,16,40,42,45-47,50-52H,3-13,15,17-39,41,43-44H2,1-2H3,(H,49,53)/b16-14-,42-40+. The molecule has 0 aliphatic rings. The molecule has 0 aromatic carbocycles. The van der Waals surface area contributed by atoms with E-state index in [0.717, 1.165) is 38.5 Å². The summed E-state index contributed by atoms with van der Waals surface area (Å²) in [5.41, 5.74) is 0. The Labute approximate surface area is 331 Å². The number of aliphatic hydroxyl groups excluding tert-OH is 3. The van der Waals surface area contributed by atoms with Gasteiger partial charge in [-0.1, -0.05) is 224 Å². The zero-order chi connectivity index (χ0) is 38.7. The third-order valence-electron chi connectivity index (χ3n) is 11.0. The van der Waals surface area contributed by atoms with Crippen LogP contribution in [0.2, 0.25) is 0 Å². The largest absolute Gasteiger partial charge is 0.394 e. The van der Waals surface area contributed by atoms with Crippen LogP contribution in [0.15, 0.2) is 24.3 Å². The van der Waals surface area contributed by atoms with Crippen molar-refractivity contribution in [1.29, 1.82) is 0 Å². The van der Waals surface area contributed by atoms with Gasteiger partial charge < -0.3 is 20.6 Å². The summed E-state index contributed by atoms with van der Waals surface area (Å²) in [4.78, 5) is 12.4. The van der Waals surface area contributed by atoms with E-state index >= 15 is 0 Å². The fourth-order valence-electron chi connectivity index (χ4n) is 7.34. The molecule has 1 amide bonds. The van der Waals surface area contributed by atoms with Crippen molar-refractivity contribution in [3.8, 4) is 0 Å². The Morgan fingerprint density at radius 3 is 1.17 bits per heavy atom. The van der Waals surface area contributed by atoms with Crippen LogP contribution in [0, 0.1) is 0 Å². The Bertz CT molecular complexity index is 784. The molecule has 5 heteroatoms. The van der Waals surface area contributed by atoms with E-state index in [4.69, 9.17) is 0 Å². The van der Waals surface area contributed by atoms with Gasteiger partial charge in [-0.2, -0.15) is 0 Å². The fourth-order valence-corrected chi connectivity index (χ4v) is 7.34. The van der Waals surface area contributed by atoms with Crippen LogP contribution in [-0.4, -0.2) is 46.1 Å². The van der Waals surface area contributed by atoms with Crippen LogP contribution in [0.25, 0.3) is 0 Å². The summed E-state index contributed by atoms with van der Waals surface area (Å²) in [5.74, 6) is -0.319. The van der Waals surface area contributed by atoms with E-state index in [0.29, 0.717) is 6.42 Å². The Morgan fingerprint density at radius 1 is 0.472 bits per heavy atom. The summed E-state index contributed by atoms with van der Waals surface area (Å²) < 4.78 is 0. The molecule has 3 unspecified atom stereocenters. The Hall–Kier alpha value is -1.17. The monoisotopic (exact) mass is 748 g/mol. The molecule has 0 aromatic heterocycles. The zero-order valence-electron chi connectivity index (χ0n) is 35.7. The lowest BCUT2D eigenvalue weighted by Crippen LogP contribution is -2.45. The lowest BCUT2D eigenvalue weighted by molar-refractivity contribution is -0.124. The van der Waals surface area contributed by atoms with Crippen LogP contribution in [0.5, 0.6) is 0 Å². The van der Waals surface area contributed by atoms with E-state index in [9.17, 15) is 20.1 Å². The van der Waals surface area contributed by atoms with Crippen molar-refractivity contribution >= 4 is 5.91 Å². The smallest absolute Gasteiger partial charge is 0.222 e. The molecular formula is C48H93NO4. The molecule has 0 heterocycles. The van der Waals surface area contributed by atoms with Crippen molar-refractivity contribution in [3.05, 3.63) is 24.3 Å². The summed E-state index contributed by atoms with van der Waals surface area (Å²) >= 11 is 0. The average molecular weight is 748 g/mol. The third kappa shape index (κ3) is 40.3. The van der Waals surface area contributed by atoms with Gasteiger partial charge in [-0.25, -0.2) is 0 Å². The molecule has 0 saturated carbocycles. The number of carbonyl (C=O) groups excluding carboxylic acids is 1. The summed E-state index contributed by atoms with van der Waals surface area (Å²) in [6.07, 6.45) is 53.4. The number of rotatable bonds is 43. The van der Waals surface area contributed by atoms with Crippen LogP contribution in [0.1, 0.15) is 251 Å². The molecule has 5 nitrogen and oxygen atoms in total. The molecule has 0 spiro atoms. The van der Waals surface area contributed by atoms with E-state index in [-0.39, 0.29) is 18.9 Å². The van der Waals surface area contributed by atoms with Gasteiger partial charge in [-0.05, 0) is 44.9 Å². The highest BCUT2D eigenvalue weighted by Crippen LogP contribution is 2.16. The molecule has 0 radical (unpaired) electrons. The quantitative estimate of drug-likeness (QED) is 0.0369. The molecule has 53 heavy (non-hydrogen) atoms. The van der Waals surface area contributed by atoms with Crippen molar-refractivity contribution < 1.29 is 20.1 Å². The van der Waals surface area contributed by atoms with Gasteiger partial charge in [0.1, 0.15) is 0 Å². The van der Waals surface area contributed by atoms with Crippen molar-refractivity contribution in [1.82, 2.24) is 5.32 Å². The molecule has 0 bridgehead atoms. The second-order valence-corrected chi connectivity index (χ2v) is 16.4. The van der Waals surface area contributed by atoms with Gasteiger partial charge in [0, 0.05) is 0 Å².